The van der Waals surface area contributed by atoms with E-state index in [0.717, 1.165) is 32.3 Å². The Hall–Kier alpha value is -2.45. The molecule has 1 saturated heterocycles. The second-order valence-electron chi connectivity index (χ2n) is 8.76. The van der Waals surface area contributed by atoms with Crippen molar-refractivity contribution < 1.29 is 24.2 Å². The van der Waals surface area contributed by atoms with Gasteiger partial charge in [-0.05, 0) is 49.8 Å². The quantitative estimate of drug-likeness (QED) is 0.691. The molecule has 2 amide bonds. The monoisotopic (exact) mass is 429 g/mol. The number of carbonyl (C=O) groups is 3. The van der Waals surface area contributed by atoms with Crippen LogP contribution < -0.4 is 15.1 Å². The number of ether oxygens (including phenoxy) is 1. The number of anilines is 2. The highest BCUT2D eigenvalue weighted by atomic mass is 16.5. The molecule has 8 heteroatoms. The number of carboxylic acid groups (broad SMARTS) is 1. The average Bonchev–Trinajstić information content (AvgIpc) is 3.29. The number of hydrogen-bond donors (Lipinski definition) is 2. The van der Waals surface area contributed by atoms with Crippen LogP contribution in [-0.4, -0.2) is 61.8 Å². The van der Waals surface area contributed by atoms with Crippen LogP contribution in [0.25, 0.3) is 0 Å². The lowest BCUT2D eigenvalue weighted by atomic mass is 9.88. The normalized spacial score (nSPS) is 21.9. The van der Waals surface area contributed by atoms with Crippen molar-refractivity contribution >= 4 is 29.2 Å². The molecule has 1 aromatic rings. The number of benzene rings is 1. The van der Waals surface area contributed by atoms with Crippen LogP contribution in [0.15, 0.2) is 18.2 Å². The van der Waals surface area contributed by atoms with Gasteiger partial charge < -0.3 is 20.1 Å². The Morgan fingerprint density at radius 2 is 1.90 bits per heavy atom. The summed E-state index contributed by atoms with van der Waals surface area (Å²) in [6.45, 7) is 1.97. The van der Waals surface area contributed by atoms with Crippen molar-refractivity contribution in [1.82, 2.24) is 5.32 Å². The van der Waals surface area contributed by atoms with Crippen molar-refractivity contribution in [1.29, 1.82) is 0 Å². The molecule has 1 saturated carbocycles. The summed E-state index contributed by atoms with van der Waals surface area (Å²) in [5.41, 5.74) is 1.23. The van der Waals surface area contributed by atoms with Crippen molar-refractivity contribution in [3.8, 4) is 0 Å². The Morgan fingerprint density at radius 1 is 1.10 bits per heavy atom. The van der Waals surface area contributed by atoms with E-state index in [1.54, 1.807) is 11.0 Å². The van der Waals surface area contributed by atoms with Gasteiger partial charge in [-0.1, -0.05) is 19.3 Å². The molecule has 2 N–H and O–H groups in total. The summed E-state index contributed by atoms with van der Waals surface area (Å²) in [5.74, 6) is -0.969. The molecular formula is C23H31N3O5. The van der Waals surface area contributed by atoms with E-state index >= 15 is 0 Å². The van der Waals surface area contributed by atoms with Gasteiger partial charge in [0, 0.05) is 19.7 Å². The maximum atomic E-state index is 13.0. The lowest BCUT2D eigenvalue weighted by Crippen LogP contribution is -2.51. The fraction of sp³-hybridized carbons (Fsp3) is 0.609. The van der Waals surface area contributed by atoms with E-state index in [1.807, 2.05) is 0 Å². The number of hydrogen-bond acceptors (Lipinski definition) is 5. The maximum absolute atomic E-state index is 13.0. The molecule has 4 rings (SSSR count). The third-order valence-electron chi connectivity index (χ3n) is 6.54. The van der Waals surface area contributed by atoms with Crippen molar-refractivity contribution in [2.24, 2.45) is 5.92 Å². The number of aromatic carboxylic acids is 1. The summed E-state index contributed by atoms with van der Waals surface area (Å²) in [6, 6.07) is 4.68. The first kappa shape index (κ1) is 21.8. The SMILES string of the molecule is O=C(O)c1ccc2c(c1)N(C(=O)CNCC1CCCO1)CC(=O)N2CC1CCCCC1. The highest BCUT2D eigenvalue weighted by Gasteiger charge is 2.34. The molecule has 31 heavy (non-hydrogen) atoms. The minimum atomic E-state index is -1.05. The van der Waals surface area contributed by atoms with Crippen LogP contribution in [0.4, 0.5) is 11.4 Å². The Kier molecular flexibility index (Phi) is 6.87. The van der Waals surface area contributed by atoms with Gasteiger partial charge in [-0.3, -0.25) is 14.5 Å². The van der Waals surface area contributed by atoms with Crippen LogP contribution in [0.1, 0.15) is 55.3 Å². The zero-order valence-electron chi connectivity index (χ0n) is 17.8. The standard InChI is InChI=1S/C23H31N3O5/c27-21(13-24-12-18-7-4-10-31-18)26-15-22(28)25(14-16-5-2-1-3-6-16)19-9-8-17(23(29)30)11-20(19)26/h8-9,11,16,18,24H,1-7,10,12-15H2,(H,29,30). The molecule has 1 atom stereocenters. The Morgan fingerprint density at radius 3 is 2.61 bits per heavy atom. The minimum absolute atomic E-state index is 0.0662. The number of carboxylic acids is 1. The number of rotatable bonds is 7. The third-order valence-corrected chi connectivity index (χ3v) is 6.54. The molecule has 0 spiro atoms. The Labute approximate surface area is 182 Å². The van der Waals surface area contributed by atoms with Crippen LogP contribution >= 0.6 is 0 Å². The summed E-state index contributed by atoms with van der Waals surface area (Å²) >= 11 is 0. The van der Waals surface area contributed by atoms with Crippen molar-refractivity contribution in [3.05, 3.63) is 23.8 Å². The van der Waals surface area contributed by atoms with E-state index in [9.17, 15) is 19.5 Å². The van der Waals surface area contributed by atoms with E-state index in [-0.39, 0.29) is 36.6 Å². The van der Waals surface area contributed by atoms with Crippen LogP contribution in [0.5, 0.6) is 0 Å². The van der Waals surface area contributed by atoms with Gasteiger partial charge in [0.2, 0.25) is 11.8 Å². The van der Waals surface area contributed by atoms with Crippen LogP contribution in [0.3, 0.4) is 0 Å². The van der Waals surface area contributed by atoms with Gasteiger partial charge in [-0.15, -0.1) is 0 Å². The summed E-state index contributed by atoms with van der Waals surface area (Å²) in [5, 5.41) is 12.6. The molecule has 2 fully saturated rings. The molecule has 8 nitrogen and oxygen atoms in total. The summed E-state index contributed by atoms with van der Waals surface area (Å²) in [7, 11) is 0. The molecule has 1 aromatic carbocycles. The van der Waals surface area contributed by atoms with E-state index < -0.39 is 5.97 Å². The lowest BCUT2D eigenvalue weighted by molar-refractivity contribution is -0.122. The highest BCUT2D eigenvalue weighted by Crippen LogP contribution is 2.36. The first-order valence-electron chi connectivity index (χ1n) is 11.3. The van der Waals surface area contributed by atoms with Crippen LogP contribution in [0.2, 0.25) is 0 Å². The number of carbonyl (C=O) groups excluding carboxylic acids is 2. The van der Waals surface area contributed by atoms with E-state index in [2.05, 4.69) is 5.32 Å². The predicted octanol–water partition coefficient (Wildman–Crippen LogP) is 2.41. The minimum Gasteiger partial charge on any atom is -0.478 e. The van der Waals surface area contributed by atoms with Crippen molar-refractivity contribution in [2.75, 3.05) is 42.6 Å². The van der Waals surface area contributed by atoms with Crippen molar-refractivity contribution in [3.63, 3.8) is 0 Å². The smallest absolute Gasteiger partial charge is 0.335 e. The first-order valence-corrected chi connectivity index (χ1v) is 11.3. The number of amides is 2. The largest absolute Gasteiger partial charge is 0.478 e. The van der Waals surface area contributed by atoms with E-state index in [1.165, 1.54) is 36.3 Å². The lowest BCUT2D eigenvalue weighted by Gasteiger charge is -2.38. The molecule has 0 bridgehead atoms. The topological polar surface area (TPSA) is 99.2 Å². The zero-order chi connectivity index (χ0) is 21.8. The molecule has 0 radical (unpaired) electrons. The van der Waals surface area contributed by atoms with Gasteiger partial charge in [0.05, 0.1) is 29.6 Å². The Balaban J connectivity index is 1.52. The van der Waals surface area contributed by atoms with Gasteiger partial charge in [-0.25, -0.2) is 4.79 Å². The molecule has 2 aliphatic heterocycles. The van der Waals surface area contributed by atoms with Crippen LogP contribution in [0, 0.1) is 5.92 Å². The number of nitrogens with one attached hydrogen (secondary N) is 1. The molecule has 3 aliphatic rings. The van der Waals surface area contributed by atoms with Gasteiger partial charge in [-0.2, -0.15) is 0 Å². The molecule has 2 heterocycles. The molecular weight excluding hydrogens is 398 g/mol. The summed E-state index contributed by atoms with van der Waals surface area (Å²) in [6.07, 6.45) is 7.92. The number of fused-ring (bicyclic) bond motifs is 1. The third kappa shape index (κ3) is 5.07. The van der Waals surface area contributed by atoms with Gasteiger partial charge in [0.25, 0.3) is 0 Å². The fourth-order valence-corrected chi connectivity index (χ4v) is 4.83. The molecule has 1 unspecified atom stereocenters. The van der Waals surface area contributed by atoms with Crippen molar-refractivity contribution in [2.45, 2.75) is 51.0 Å². The van der Waals surface area contributed by atoms with Gasteiger partial charge >= 0.3 is 5.97 Å². The summed E-state index contributed by atoms with van der Waals surface area (Å²) in [4.78, 5) is 40.7. The average molecular weight is 430 g/mol. The molecule has 0 aromatic heterocycles. The second-order valence-corrected chi connectivity index (χ2v) is 8.76. The maximum Gasteiger partial charge on any atom is 0.335 e. The van der Waals surface area contributed by atoms with Gasteiger partial charge in [0.15, 0.2) is 0 Å². The second kappa shape index (κ2) is 9.78. The molecule has 168 valence electrons. The number of nitrogens with zero attached hydrogens (tertiary/aromatic N) is 2. The first-order chi connectivity index (χ1) is 15.0. The van der Waals surface area contributed by atoms with E-state index in [4.69, 9.17) is 4.74 Å². The molecule has 1 aliphatic carbocycles. The van der Waals surface area contributed by atoms with Gasteiger partial charge in [0.1, 0.15) is 6.54 Å². The predicted molar refractivity (Wildman–Crippen MR) is 117 cm³/mol. The van der Waals surface area contributed by atoms with E-state index in [0.29, 0.717) is 30.4 Å². The summed E-state index contributed by atoms with van der Waals surface area (Å²) < 4.78 is 5.57. The van der Waals surface area contributed by atoms with Crippen LogP contribution in [-0.2, 0) is 14.3 Å². The highest BCUT2D eigenvalue weighted by molar-refractivity contribution is 6.12. The fourth-order valence-electron chi connectivity index (χ4n) is 4.83. The zero-order valence-corrected chi connectivity index (χ0v) is 17.8. The Bertz CT molecular complexity index is 831.